The standard InChI is InChI=1S/C26H30O3/c1-21(27-18-23-12-6-3-7-13-23)26(29-20-25-16-10-5-11-17-25)22(2)28-19-24-14-8-4-9-15-24/h3-17,21-22,26H,18-20H2,1-2H3/t21-,22+,26?. The lowest BCUT2D eigenvalue weighted by atomic mass is 10.1. The Balaban J connectivity index is 1.60. The van der Waals surface area contributed by atoms with Crippen LogP contribution in [0.25, 0.3) is 0 Å². The van der Waals surface area contributed by atoms with E-state index in [1.807, 2.05) is 54.6 Å². The van der Waals surface area contributed by atoms with Gasteiger partial charge in [0.25, 0.3) is 0 Å². The molecule has 3 atom stereocenters. The Morgan fingerprint density at radius 1 is 0.483 bits per heavy atom. The Morgan fingerprint density at radius 2 is 0.793 bits per heavy atom. The molecule has 3 aromatic carbocycles. The van der Waals surface area contributed by atoms with Crippen LogP contribution in [0.2, 0.25) is 0 Å². The molecular formula is C26H30O3. The van der Waals surface area contributed by atoms with E-state index in [9.17, 15) is 0 Å². The van der Waals surface area contributed by atoms with Crippen LogP contribution in [0.1, 0.15) is 30.5 Å². The Kier molecular flexibility index (Phi) is 8.44. The van der Waals surface area contributed by atoms with E-state index < -0.39 is 0 Å². The van der Waals surface area contributed by atoms with Crippen molar-refractivity contribution in [2.45, 2.75) is 52.0 Å². The fourth-order valence-electron chi connectivity index (χ4n) is 3.21. The summed E-state index contributed by atoms with van der Waals surface area (Å²) in [5.74, 6) is 0. The van der Waals surface area contributed by atoms with E-state index in [1.165, 1.54) is 0 Å². The van der Waals surface area contributed by atoms with Crippen molar-refractivity contribution in [3.63, 3.8) is 0 Å². The molecule has 3 nitrogen and oxygen atoms in total. The predicted octanol–water partition coefficient (Wildman–Crippen LogP) is 5.78. The minimum absolute atomic E-state index is 0.107. The molecule has 0 aliphatic rings. The Labute approximate surface area is 174 Å². The quantitative estimate of drug-likeness (QED) is 0.415. The second-order valence-electron chi connectivity index (χ2n) is 7.26. The van der Waals surface area contributed by atoms with Gasteiger partial charge in [-0.1, -0.05) is 91.0 Å². The highest BCUT2D eigenvalue weighted by molar-refractivity contribution is 5.15. The Morgan fingerprint density at radius 3 is 1.14 bits per heavy atom. The maximum absolute atomic E-state index is 6.28. The topological polar surface area (TPSA) is 27.7 Å². The first-order valence-corrected chi connectivity index (χ1v) is 10.2. The molecule has 0 spiro atoms. The largest absolute Gasteiger partial charge is 0.371 e. The Hall–Kier alpha value is -2.46. The Bertz CT molecular complexity index is 756. The molecule has 0 bridgehead atoms. The molecular weight excluding hydrogens is 360 g/mol. The first-order valence-electron chi connectivity index (χ1n) is 10.2. The van der Waals surface area contributed by atoms with Crippen molar-refractivity contribution >= 4 is 0 Å². The fraction of sp³-hybridized carbons (Fsp3) is 0.308. The highest BCUT2D eigenvalue weighted by Gasteiger charge is 2.26. The average Bonchev–Trinajstić information content (AvgIpc) is 2.78. The minimum Gasteiger partial charge on any atom is -0.371 e. The third-order valence-electron chi connectivity index (χ3n) is 4.92. The maximum atomic E-state index is 6.28. The predicted molar refractivity (Wildman–Crippen MR) is 116 cm³/mol. The van der Waals surface area contributed by atoms with Gasteiger partial charge in [0.1, 0.15) is 6.10 Å². The van der Waals surface area contributed by atoms with E-state index in [0.717, 1.165) is 16.7 Å². The van der Waals surface area contributed by atoms with Gasteiger partial charge in [-0.2, -0.15) is 0 Å². The van der Waals surface area contributed by atoms with Gasteiger partial charge < -0.3 is 14.2 Å². The molecule has 0 amide bonds. The van der Waals surface area contributed by atoms with Crippen molar-refractivity contribution in [2.24, 2.45) is 0 Å². The fourth-order valence-corrected chi connectivity index (χ4v) is 3.21. The highest BCUT2D eigenvalue weighted by Crippen LogP contribution is 2.18. The van der Waals surface area contributed by atoms with Crippen molar-refractivity contribution in [3.8, 4) is 0 Å². The van der Waals surface area contributed by atoms with Crippen LogP contribution in [0.4, 0.5) is 0 Å². The van der Waals surface area contributed by atoms with Gasteiger partial charge in [-0.05, 0) is 30.5 Å². The normalized spacial score (nSPS) is 14.3. The molecule has 0 saturated heterocycles. The third-order valence-corrected chi connectivity index (χ3v) is 4.92. The first kappa shape index (κ1) is 21.3. The van der Waals surface area contributed by atoms with E-state index in [0.29, 0.717) is 19.8 Å². The van der Waals surface area contributed by atoms with Crippen LogP contribution in [0, 0.1) is 0 Å². The van der Waals surface area contributed by atoms with E-state index in [2.05, 4.69) is 50.2 Å². The monoisotopic (exact) mass is 390 g/mol. The van der Waals surface area contributed by atoms with Gasteiger partial charge in [-0.3, -0.25) is 0 Å². The van der Waals surface area contributed by atoms with Gasteiger partial charge in [0.2, 0.25) is 0 Å². The lowest BCUT2D eigenvalue weighted by molar-refractivity contribution is -0.141. The number of hydrogen-bond acceptors (Lipinski definition) is 3. The van der Waals surface area contributed by atoms with E-state index >= 15 is 0 Å². The number of benzene rings is 3. The molecule has 0 aromatic heterocycles. The smallest absolute Gasteiger partial charge is 0.110 e. The molecule has 0 fully saturated rings. The van der Waals surface area contributed by atoms with Gasteiger partial charge in [0.15, 0.2) is 0 Å². The van der Waals surface area contributed by atoms with E-state index in [-0.39, 0.29) is 18.3 Å². The third kappa shape index (κ3) is 7.13. The lowest BCUT2D eigenvalue weighted by Gasteiger charge is -2.30. The molecule has 3 aromatic rings. The van der Waals surface area contributed by atoms with Gasteiger partial charge >= 0.3 is 0 Å². The SMILES string of the molecule is C[C@H](OCc1ccccc1)C(OCc1ccccc1)[C@@H](C)OCc1ccccc1. The summed E-state index contributed by atoms with van der Waals surface area (Å²) >= 11 is 0. The summed E-state index contributed by atoms with van der Waals surface area (Å²) in [5.41, 5.74) is 3.45. The van der Waals surface area contributed by atoms with Crippen LogP contribution in [0.3, 0.4) is 0 Å². The van der Waals surface area contributed by atoms with Gasteiger partial charge in [-0.15, -0.1) is 0 Å². The molecule has 152 valence electrons. The van der Waals surface area contributed by atoms with E-state index in [1.54, 1.807) is 0 Å². The lowest BCUT2D eigenvalue weighted by Crippen LogP contribution is -2.39. The molecule has 0 aliphatic heterocycles. The molecule has 3 heteroatoms. The summed E-state index contributed by atoms with van der Waals surface area (Å²) in [4.78, 5) is 0. The number of ether oxygens (including phenoxy) is 3. The van der Waals surface area contributed by atoms with Gasteiger partial charge in [-0.25, -0.2) is 0 Å². The first-order chi connectivity index (χ1) is 14.2. The summed E-state index contributed by atoms with van der Waals surface area (Å²) in [6.07, 6.45) is -0.392. The maximum Gasteiger partial charge on any atom is 0.110 e. The van der Waals surface area contributed by atoms with Gasteiger partial charge in [0, 0.05) is 0 Å². The molecule has 0 saturated carbocycles. The van der Waals surface area contributed by atoms with E-state index in [4.69, 9.17) is 14.2 Å². The zero-order valence-electron chi connectivity index (χ0n) is 17.2. The van der Waals surface area contributed by atoms with Crippen molar-refractivity contribution in [3.05, 3.63) is 108 Å². The average molecular weight is 391 g/mol. The number of hydrogen-bond donors (Lipinski definition) is 0. The zero-order valence-corrected chi connectivity index (χ0v) is 17.2. The second kappa shape index (κ2) is 11.5. The van der Waals surface area contributed by atoms with Crippen LogP contribution >= 0.6 is 0 Å². The molecule has 0 heterocycles. The highest BCUT2D eigenvalue weighted by atomic mass is 16.6. The summed E-state index contributed by atoms with van der Waals surface area (Å²) in [5, 5.41) is 0. The van der Waals surface area contributed by atoms with Crippen LogP contribution in [0.5, 0.6) is 0 Å². The molecule has 0 N–H and O–H groups in total. The minimum atomic E-state index is -0.178. The molecule has 0 radical (unpaired) electrons. The summed E-state index contributed by atoms with van der Waals surface area (Å²) in [6, 6.07) is 30.6. The van der Waals surface area contributed by atoms with Crippen molar-refractivity contribution in [1.29, 1.82) is 0 Å². The van der Waals surface area contributed by atoms with Crippen molar-refractivity contribution < 1.29 is 14.2 Å². The molecule has 29 heavy (non-hydrogen) atoms. The second-order valence-corrected chi connectivity index (χ2v) is 7.26. The summed E-state index contributed by atoms with van der Waals surface area (Å²) in [6.45, 7) is 5.75. The summed E-state index contributed by atoms with van der Waals surface area (Å²) < 4.78 is 18.6. The van der Waals surface area contributed by atoms with Gasteiger partial charge in [0.05, 0.1) is 32.0 Å². The zero-order chi connectivity index (χ0) is 20.3. The molecule has 1 unspecified atom stereocenters. The van der Waals surface area contributed by atoms with Crippen molar-refractivity contribution in [2.75, 3.05) is 0 Å². The van der Waals surface area contributed by atoms with Crippen LogP contribution < -0.4 is 0 Å². The van der Waals surface area contributed by atoms with Crippen LogP contribution in [-0.4, -0.2) is 18.3 Å². The molecule has 3 rings (SSSR count). The van der Waals surface area contributed by atoms with Crippen molar-refractivity contribution in [1.82, 2.24) is 0 Å². The van der Waals surface area contributed by atoms with Crippen LogP contribution in [0.15, 0.2) is 91.0 Å². The molecule has 0 aliphatic carbocycles. The number of rotatable bonds is 11. The summed E-state index contributed by atoms with van der Waals surface area (Å²) in [7, 11) is 0. The van der Waals surface area contributed by atoms with Crippen LogP contribution in [-0.2, 0) is 34.0 Å².